The van der Waals surface area contributed by atoms with E-state index in [1.807, 2.05) is 26.0 Å². The first-order valence-electron chi connectivity index (χ1n) is 14.4. The van der Waals surface area contributed by atoms with Crippen molar-refractivity contribution in [1.82, 2.24) is 14.9 Å². The van der Waals surface area contributed by atoms with Gasteiger partial charge in [-0.1, -0.05) is 48.0 Å². The molecule has 0 atom stereocenters. The molecule has 0 saturated carbocycles. The Labute approximate surface area is 268 Å². The molecule has 0 saturated heterocycles. The lowest BCUT2D eigenvalue weighted by Crippen LogP contribution is -2.30. The maximum atomic E-state index is 14.2. The highest BCUT2D eigenvalue weighted by atomic mass is 35.5. The molecule has 0 aliphatic heterocycles. The Morgan fingerprint density at radius 3 is 2.28 bits per heavy atom. The van der Waals surface area contributed by atoms with Crippen molar-refractivity contribution in [3.63, 3.8) is 0 Å². The van der Waals surface area contributed by atoms with Crippen LogP contribution in [0.3, 0.4) is 0 Å². The molecule has 3 heterocycles. The Hall–Kier alpha value is -4.70. The number of hydrogen-bond acceptors (Lipinski definition) is 5. The van der Waals surface area contributed by atoms with Crippen molar-refractivity contribution >= 4 is 34.5 Å². The van der Waals surface area contributed by atoms with E-state index in [9.17, 15) is 27.9 Å². The fourth-order valence-corrected chi connectivity index (χ4v) is 5.32. The van der Waals surface area contributed by atoms with Crippen molar-refractivity contribution < 1.29 is 32.3 Å². The molecule has 5 rings (SSSR count). The van der Waals surface area contributed by atoms with Crippen molar-refractivity contribution in [2.24, 2.45) is 0 Å². The van der Waals surface area contributed by atoms with Crippen LogP contribution in [0.15, 0.2) is 71.1 Å². The van der Waals surface area contributed by atoms with E-state index >= 15 is 0 Å². The first kappa shape index (κ1) is 32.7. The Bertz CT molecular complexity index is 1980. The number of fused-ring (bicyclic) bond motifs is 1. The third kappa shape index (κ3) is 6.62. The van der Waals surface area contributed by atoms with E-state index in [1.54, 1.807) is 63.2 Å². The minimum absolute atomic E-state index is 0.0543. The van der Waals surface area contributed by atoms with E-state index in [4.69, 9.17) is 16.0 Å². The van der Waals surface area contributed by atoms with E-state index < -0.39 is 29.2 Å². The molecule has 0 spiro atoms. The minimum atomic E-state index is -4.68. The summed E-state index contributed by atoms with van der Waals surface area (Å²) in [6.45, 7) is 8.38. The molecule has 1 N–H and O–H groups in total. The first-order valence-corrected chi connectivity index (χ1v) is 14.8. The number of nitrogens with zero attached hydrogens (tertiary/aromatic N) is 3. The van der Waals surface area contributed by atoms with E-state index in [0.717, 1.165) is 22.8 Å². The second kappa shape index (κ2) is 12.2. The van der Waals surface area contributed by atoms with Gasteiger partial charge in [0, 0.05) is 23.0 Å². The number of rotatable bonds is 8. The minimum Gasteiger partial charge on any atom is -0.481 e. The molecule has 0 fully saturated rings. The largest absolute Gasteiger partial charge is 0.481 e. The van der Waals surface area contributed by atoms with E-state index in [1.165, 1.54) is 11.0 Å². The van der Waals surface area contributed by atoms with Gasteiger partial charge in [0.05, 0.1) is 23.0 Å². The summed E-state index contributed by atoms with van der Waals surface area (Å²) in [6.07, 6.45) is -4.68. The van der Waals surface area contributed by atoms with Gasteiger partial charge in [-0.15, -0.1) is 0 Å². The van der Waals surface area contributed by atoms with Gasteiger partial charge in [-0.05, 0) is 92.8 Å². The molecular weight excluding hydrogens is 619 g/mol. The smallest absolute Gasteiger partial charge is 0.449 e. The number of carbonyl (C=O) groups is 2. The Morgan fingerprint density at radius 1 is 0.913 bits per heavy atom. The van der Waals surface area contributed by atoms with Crippen molar-refractivity contribution in [3.05, 3.63) is 117 Å². The zero-order chi connectivity index (χ0) is 33.6. The van der Waals surface area contributed by atoms with Gasteiger partial charge in [0.2, 0.25) is 5.76 Å². The highest BCUT2D eigenvalue weighted by Gasteiger charge is 2.35. The lowest BCUT2D eigenvalue weighted by molar-refractivity contribution is -0.153. The third-order valence-corrected chi connectivity index (χ3v) is 8.37. The number of alkyl halides is 3. The van der Waals surface area contributed by atoms with Crippen molar-refractivity contribution in [3.8, 4) is 11.1 Å². The van der Waals surface area contributed by atoms with Crippen LogP contribution in [-0.2, 0) is 29.5 Å². The standard InChI is InChI=1S/C35H31ClF3N3O4/c1-19-13-29-31(41-21(19)3)27(14-20(2)40-29)32(43)42(18-26-11-12-30(46-26)35(37,38)39)17-24-10-9-23(16-28(24)36)22-7-6-8-25(15-22)34(4,5)33(44)45/h6-16H,17-18H2,1-5H3,(H,44,45). The first-order chi connectivity index (χ1) is 21.5. The van der Waals surface area contributed by atoms with Gasteiger partial charge >= 0.3 is 12.1 Å². The summed E-state index contributed by atoms with van der Waals surface area (Å²) in [4.78, 5) is 36.5. The molecule has 238 valence electrons. The van der Waals surface area contributed by atoms with E-state index in [0.29, 0.717) is 38.6 Å². The maximum Gasteiger partial charge on any atom is 0.449 e. The van der Waals surface area contributed by atoms with Crippen molar-refractivity contribution in [2.45, 2.75) is 59.3 Å². The predicted octanol–water partition coefficient (Wildman–Crippen LogP) is 8.69. The molecule has 3 aromatic heterocycles. The SMILES string of the molecule is Cc1cc(C(=O)N(Cc2ccc(C(F)(F)F)o2)Cc2ccc(-c3cccc(C(C)(C)C(=O)O)c3)cc2Cl)c2nc(C)c(C)cc2n1. The van der Waals surface area contributed by atoms with Gasteiger partial charge in [0.15, 0.2) is 0 Å². The van der Waals surface area contributed by atoms with Crippen molar-refractivity contribution in [2.75, 3.05) is 0 Å². The normalized spacial score (nSPS) is 12.0. The van der Waals surface area contributed by atoms with E-state index in [2.05, 4.69) is 9.97 Å². The summed E-state index contributed by atoms with van der Waals surface area (Å²) in [6, 6.07) is 17.9. The zero-order valence-electron chi connectivity index (χ0n) is 25.8. The van der Waals surface area contributed by atoms with Crippen LogP contribution in [0.2, 0.25) is 5.02 Å². The molecule has 0 aliphatic rings. The van der Waals surface area contributed by atoms with E-state index in [-0.39, 0.29) is 24.4 Å². The number of pyridine rings is 2. The summed E-state index contributed by atoms with van der Waals surface area (Å²) in [5, 5.41) is 9.98. The lowest BCUT2D eigenvalue weighted by atomic mass is 9.83. The molecule has 46 heavy (non-hydrogen) atoms. The third-order valence-electron chi connectivity index (χ3n) is 8.02. The van der Waals surface area contributed by atoms with Crippen LogP contribution in [0.5, 0.6) is 0 Å². The average Bonchev–Trinajstić information content (AvgIpc) is 3.47. The Morgan fingerprint density at radius 2 is 1.63 bits per heavy atom. The molecule has 0 aliphatic carbocycles. The predicted molar refractivity (Wildman–Crippen MR) is 169 cm³/mol. The topological polar surface area (TPSA) is 96.5 Å². The second-order valence-corrected chi connectivity index (χ2v) is 12.2. The fraction of sp³-hybridized carbons (Fsp3) is 0.257. The number of aliphatic carboxylic acids is 1. The summed E-state index contributed by atoms with van der Waals surface area (Å²) in [5.41, 5.74) is 4.87. The maximum absolute atomic E-state index is 14.2. The van der Waals surface area contributed by atoms with Crippen LogP contribution in [0, 0.1) is 20.8 Å². The molecular formula is C35H31ClF3N3O4. The summed E-state index contributed by atoms with van der Waals surface area (Å²) in [7, 11) is 0. The number of carbonyl (C=O) groups excluding carboxylic acids is 1. The van der Waals surface area contributed by atoms with Gasteiger partial charge in [-0.3, -0.25) is 19.6 Å². The van der Waals surface area contributed by atoms with Gasteiger partial charge in [-0.2, -0.15) is 13.2 Å². The lowest BCUT2D eigenvalue weighted by Gasteiger charge is -2.24. The number of carboxylic acid groups (broad SMARTS) is 1. The monoisotopic (exact) mass is 649 g/mol. The number of halogens is 4. The van der Waals surface area contributed by atoms with Crippen LogP contribution in [0.4, 0.5) is 13.2 Å². The molecule has 7 nitrogen and oxygen atoms in total. The fourth-order valence-electron chi connectivity index (χ4n) is 5.08. The summed E-state index contributed by atoms with van der Waals surface area (Å²) < 4.78 is 45.1. The summed E-state index contributed by atoms with van der Waals surface area (Å²) in [5.74, 6) is -2.66. The van der Waals surface area contributed by atoms with Gasteiger partial charge in [-0.25, -0.2) is 0 Å². The highest BCUT2D eigenvalue weighted by molar-refractivity contribution is 6.31. The molecule has 0 bridgehead atoms. The zero-order valence-corrected chi connectivity index (χ0v) is 26.5. The molecule has 11 heteroatoms. The van der Waals surface area contributed by atoms with Gasteiger partial charge < -0.3 is 14.4 Å². The number of aryl methyl sites for hydroxylation is 3. The Balaban J connectivity index is 1.53. The van der Waals surface area contributed by atoms with Crippen molar-refractivity contribution in [1.29, 1.82) is 0 Å². The molecule has 0 radical (unpaired) electrons. The number of benzene rings is 2. The van der Waals surface area contributed by atoms with Crippen LogP contribution in [0.1, 0.15) is 63.8 Å². The average molecular weight is 650 g/mol. The number of hydrogen-bond donors (Lipinski definition) is 1. The summed E-state index contributed by atoms with van der Waals surface area (Å²) >= 11 is 6.75. The highest BCUT2D eigenvalue weighted by Crippen LogP contribution is 2.33. The number of carboxylic acids is 1. The molecule has 5 aromatic rings. The van der Waals surface area contributed by atoms with Crippen LogP contribution < -0.4 is 0 Å². The number of amides is 1. The van der Waals surface area contributed by atoms with Crippen LogP contribution in [0.25, 0.3) is 22.2 Å². The number of aromatic nitrogens is 2. The molecule has 0 unspecified atom stereocenters. The van der Waals surface area contributed by atoms with Crippen LogP contribution in [-0.4, -0.2) is 31.9 Å². The second-order valence-electron chi connectivity index (χ2n) is 11.8. The number of furan rings is 1. The van der Waals surface area contributed by atoms with Gasteiger partial charge in [0.1, 0.15) is 11.3 Å². The molecule has 1 amide bonds. The molecule has 2 aromatic carbocycles. The van der Waals surface area contributed by atoms with Gasteiger partial charge in [0.25, 0.3) is 5.91 Å². The van der Waals surface area contributed by atoms with Crippen LogP contribution >= 0.6 is 11.6 Å². The quantitative estimate of drug-likeness (QED) is 0.181. The Kier molecular flexibility index (Phi) is 8.70.